The van der Waals surface area contributed by atoms with Crippen molar-refractivity contribution >= 4 is 35.5 Å². The van der Waals surface area contributed by atoms with Crippen molar-refractivity contribution < 1.29 is 23.4 Å². The van der Waals surface area contributed by atoms with Crippen molar-refractivity contribution in [1.82, 2.24) is 0 Å². The quantitative estimate of drug-likeness (QED) is 0.302. The summed E-state index contributed by atoms with van der Waals surface area (Å²) in [6.45, 7) is 0. The van der Waals surface area contributed by atoms with Crippen LogP contribution in [0.25, 0.3) is 0 Å². The second-order valence-electron chi connectivity index (χ2n) is 0.476. The molecule has 0 spiro atoms. The van der Waals surface area contributed by atoms with E-state index in [9.17, 15) is 0 Å². The fourth-order valence-corrected chi connectivity index (χ4v) is 0. The minimum Gasteiger partial charge on any atom is -1.00 e. The van der Waals surface area contributed by atoms with Crippen molar-refractivity contribution in [3.8, 4) is 0 Å². The summed E-state index contributed by atoms with van der Waals surface area (Å²) in [5, 5.41) is 27.3. The second kappa shape index (κ2) is 15.8. The maximum Gasteiger partial charge on any atom is 2.00 e. The minimum absolute atomic E-state index is 0. The molecule has 0 heterocycles. The molecule has 0 aliphatic rings. The van der Waals surface area contributed by atoms with Crippen LogP contribution in [-0.2, 0) is 0 Å². The van der Waals surface area contributed by atoms with E-state index in [1.165, 1.54) is 0 Å². The van der Waals surface area contributed by atoms with Crippen LogP contribution in [0.1, 0.15) is 2.85 Å². The Labute approximate surface area is 79.6 Å². The largest absolute Gasteiger partial charge is 2.00 e. The smallest absolute Gasteiger partial charge is 1.00 e. The molecule has 0 rings (SSSR count). The monoisotopic (exact) mass is 188 g/mol. The van der Waals surface area contributed by atoms with Crippen LogP contribution in [-0.4, -0.2) is 43.6 Å². The van der Waals surface area contributed by atoms with Gasteiger partial charge in [-0.1, -0.05) is 0 Å². The zero-order valence-corrected chi connectivity index (χ0v) is 6.77. The molecule has 10 heavy (non-hydrogen) atoms. The van der Waals surface area contributed by atoms with Crippen LogP contribution in [0.15, 0.2) is 0 Å². The fourth-order valence-electron chi connectivity index (χ4n) is 0. The third-order valence-corrected chi connectivity index (χ3v) is 0. The molecule has 0 amide bonds. The first kappa shape index (κ1) is 22.7. The molecule has 0 saturated carbocycles. The summed E-state index contributed by atoms with van der Waals surface area (Å²) >= 11 is 0. The van der Waals surface area contributed by atoms with Gasteiger partial charge in [-0.3, -0.25) is 0 Å². The molecule has 0 aliphatic carbocycles. The Hall–Kier alpha value is -0.544. The number of nitrogens with zero attached hydrogens (tertiary/aromatic N) is 2. The standard InChI is InChI=1S/ClH.Mg.2HNO3.2H/c;;2*2-1(3)4;;/h1H;;2*(H,2,3,4);;/q;+2;;;2*-1. The summed E-state index contributed by atoms with van der Waals surface area (Å²) < 4.78 is 0. The average Bonchev–Trinajstić information content (AvgIpc) is 1.25. The third kappa shape index (κ3) is 1050. The Morgan fingerprint density at radius 2 is 1.10 bits per heavy atom. The van der Waals surface area contributed by atoms with Gasteiger partial charge >= 0.3 is 23.1 Å². The van der Waals surface area contributed by atoms with E-state index < -0.39 is 10.2 Å². The van der Waals surface area contributed by atoms with Gasteiger partial charge in [0.2, 0.25) is 0 Å². The molecule has 0 saturated heterocycles. The van der Waals surface area contributed by atoms with Gasteiger partial charge in [-0.15, -0.1) is 32.6 Å². The van der Waals surface area contributed by atoms with E-state index in [1.54, 1.807) is 0 Å². The molecule has 8 nitrogen and oxygen atoms in total. The Balaban J connectivity index is -0.0000000112. The Morgan fingerprint density at radius 3 is 1.10 bits per heavy atom. The number of halogens is 1. The van der Waals surface area contributed by atoms with Crippen molar-refractivity contribution in [3.63, 3.8) is 0 Å². The van der Waals surface area contributed by atoms with Crippen molar-refractivity contribution in [3.05, 3.63) is 20.2 Å². The van der Waals surface area contributed by atoms with Crippen LogP contribution in [0.2, 0.25) is 0 Å². The van der Waals surface area contributed by atoms with Crippen molar-refractivity contribution in [2.45, 2.75) is 0 Å². The maximum absolute atomic E-state index is 8.36. The van der Waals surface area contributed by atoms with E-state index in [0.717, 1.165) is 0 Å². The summed E-state index contributed by atoms with van der Waals surface area (Å²) in [6, 6.07) is 0. The van der Waals surface area contributed by atoms with Gasteiger partial charge in [-0.2, -0.15) is 0 Å². The van der Waals surface area contributed by atoms with Gasteiger partial charge < -0.3 is 13.3 Å². The molecule has 10 heteroatoms. The molecule has 0 bridgehead atoms. The first-order valence-corrected chi connectivity index (χ1v) is 1.13. The van der Waals surface area contributed by atoms with Crippen LogP contribution in [0.3, 0.4) is 0 Å². The molecular weight excluding hydrogens is 184 g/mol. The first-order valence-electron chi connectivity index (χ1n) is 1.13. The summed E-state index contributed by atoms with van der Waals surface area (Å²) in [4.78, 5) is 16.7. The van der Waals surface area contributed by atoms with Crippen LogP contribution in [0.5, 0.6) is 0 Å². The van der Waals surface area contributed by atoms with Crippen molar-refractivity contribution in [2.75, 3.05) is 0 Å². The van der Waals surface area contributed by atoms with Crippen molar-refractivity contribution in [1.29, 1.82) is 0 Å². The molecule has 0 aromatic rings. The summed E-state index contributed by atoms with van der Waals surface area (Å²) in [7, 11) is 0. The molecular formula is H5ClMgN2O6. The van der Waals surface area contributed by atoms with E-state index in [1.807, 2.05) is 0 Å². The van der Waals surface area contributed by atoms with E-state index in [0.29, 0.717) is 0 Å². The molecule has 0 aromatic heterocycles. The Morgan fingerprint density at radius 1 is 1.10 bits per heavy atom. The third-order valence-electron chi connectivity index (χ3n) is 0. The van der Waals surface area contributed by atoms with Gasteiger partial charge in [-0.05, 0) is 0 Å². The number of hydrogen-bond donors (Lipinski definition) is 2. The molecule has 2 N–H and O–H groups in total. The van der Waals surface area contributed by atoms with E-state index in [2.05, 4.69) is 0 Å². The molecule has 0 atom stereocenters. The Kier molecular flexibility index (Phi) is 35.9. The van der Waals surface area contributed by atoms with Gasteiger partial charge in [0.25, 0.3) is 10.2 Å². The SMILES string of the molecule is Cl.O=[N+]([O-])O.O=[N+]([O-])O.[H-].[H-].[Mg+2]. The van der Waals surface area contributed by atoms with Crippen molar-refractivity contribution in [2.24, 2.45) is 0 Å². The minimum atomic E-state index is -1.50. The van der Waals surface area contributed by atoms with Gasteiger partial charge in [0, 0.05) is 0 Å². The zero-order valence-electron chi connectivity index (χ0n) is 6.54. The van der Waals surface area contributed by atoms with E-state index >= 15 is 0 Å². The van der Waals surface area contributed by atoms with E-state index in [-0.39, 0.29) is 38.3 Å². The summed E-state index contributed by atoms with van der Waals surface area (Å²) in [5.74, 6) is 0. The summed E-state index contributed by atoms with van der Waals surface area (Å²) in [6.07, 6.45) is 0. The molecule has 0 unspecified atom stereocenters. The van der Waals surface area contributed by atoms with Crippen LogP contribution in [0.4, 0.5) is 0 Å². The maximum atomic E-state index is 8.36. The first-order chi connectivity index (χ1) is 3.46. The number of hydrogen-bond acceptors (Lipinski definition) is 4. The summed E-state index contributed by atoms with van der Waals surface area (Å²) in [5.41, 5.74) is 0. The normalized spacial score (nSPS) is 4.80. The number of rotatable bonds is 0. The topological polar surface area (TPSA) is 127 Å². The molecule has 0 aromatic carbocycles. The molecule has 0 aliphatic heterocycles. The predicted octanol–water partition coefficient (Wildman–Crippen LogP) is -0.429. The average molecular weight is 189 g/mol. The fraction of sp³-hybridized carbons (Fsp3) is 0. The predicted molar refractivity (Wildman–Crippen MR) is 32.8 cm³/mol. The second-order valence-corrected chi connectivity index (χ2v) is 0.476. The van der Waals surface area contributed by atoms with Crippen LogP contribution < -0.4 is 0 Å². The van der Waals surface area contributed by atoms with Gasteiger partial charge in [0.15, 0.2) is 0 Å². The van der Waals surface area contributed by atoms with Gasteiger partial charge in [0.05, 0.1) is 0 Å². The van der Waals surface area contributed by atoms with E-state index in [4.69, 9.17) is 30.6 Å². The molecule has 0 fully saturated rings. The van der Waals surface area contributed by atoms with Gasteiger partial charge in [0.1, 0.15) is 0 Å². The Bertz CT molecular complexity index is 81.5. The molecule has 60 valence electrons. The van der Waals surface area contributed by atoms with Gasteiger partial charge in [-0.25, -0.2) is 0 Å². The zero-order chi connectivity index (χ0) is 7.15. The van der Waals surface area contributed by atoms with Crippen LogP contribution in [0, 0.1) is 20.2 Å². The molecule has 0 radical (unpaired) electrons. The van der Waals surface area contributed by atoms with Crippen LogP contribution >= 0.6 is 12.4 Å².